The van der Waals surface area contributed by atoms with E-state index in [9.17, 15) is 0 Å². The summed E-state index contributed by atoms with van der Waals surface area (Å²) in [5, 5.41) is 0. The molecule has 1 heterocycles. The van der Waals surface area contributed by atoms with Crippen LogP contribution in [0.2, 0.25) is 0 Å². The van der Waals surface area contributed by atoms with Crippen LogP contribution in [0.1, 0.15) is 5.56 Å². The maximum atomic E-state index is 3.81. The van der Waals surface area contributed by atoms with E-state index in [0.29, 0.717) is 0 Å². The Balaban J connectivity index is 0.000000490. The van der Waals surface area contributed by atoms with Crippen molar-refractivity contribution in [3.8, 4) is 0 Å². The molecule has 0 spiro atoms. The van der Waals surface area contributed by atoms with Crippen LogP contribution in [-0.2, 0) is 32.7 Å². The van der Waals surface area contributed by atoms with Crippen molar-refractivity contribution in [2.45, 2.75) is 0 Å². The van der Waals surface area contributed by atoms with Crippen LogP contribution in [0.15, 0.2) is 24.5 Å². The van der Waals surface area contributed by atoms with Crippen LogP contribution in [0.4, 0.5) is 0 Å². The Morgan fingerprint density at radius 2 is 1.75 bits per heavy atom. The van der Waals surface area contributed by atoms with Gasteiger partial charge in [0.05, 0.1) is 0 Å². The molecule has 2 heteroatoms. The van der Waals surface area contributed by atoms with Crippen LogP contribution in [0, 0.1) is 6.92 Å². The molecule has 1 rings (SSSR count). The Labute approximate surface area is 74.4 Å². The zero-order chi connectivity index (χ0) is 5.11. The quantitative estimate of drug-likeness (QED) is 0.549. The molecule has 36 valence electrons. The minimum Gasteiger partial charge on any atom is -0.291 e. The third kappa shape index (κ3) is 2.44. The van der Waals surface area contributed by atoms with Crippen molar-refractivity contribution < 1.29 is 32.7 Å². The second-order valence-corrected chi connectivity index (χ2v) is 1.36. The Morgan fingerprint density at radius 1 is 1.25 bits per heavy atom. The van der Waals surface area contributed by atoms with E-state index in [0.717, 1.165) is 5.56 Å². The molecule has 1 nitrogen and oxygen atoms in total. The summed E-state index contributed by atoms with van der Waals surface area (Å²) in [7, 11) is 0. The van der Waals surface area contributed by atoms with Gasteiger partial charge < -0.3 is 0 Å². The van der Waals surface area contributed by atoms with Crippen molar-refractivity contribution in [1.82, 2.24) is 4.98 Å². The molecule has 0 aromatic carbocycles. The minimum absolute atomic E-state index is 0. The molecular formula is C6H6NY+2. The van der Waals surface area contributed by atoms with E-state index >= 15 is 0 Å². The van der Waals surface area contributed by atoms with Gasteiger partial charge in [-0.05, 0) is 12.4 Å². The van der Waals surface area contributed by atoms with E-state index in [-0.39, 0.29) is 32.7 Å². The summed E-state index contributed by atoms with van der Waals surface area (Å²) in [6.07, 6.45) is 3.45. The van der Waals surface area contributed by atoms with E-state index in [4.69, 9.17) is 0 Å². The summed E-state index contributed by atoms with van der Waals surface area (Å²) in [4.78, 5) is 3.81. The van der Waals surface area contributed by atoms with E-state index in [1.54, 1.807) is 12.4 Å². The van der Waals surface area contributed by atoms with Gasteiger partial charge in [-0.25, -0.2) is 0 Å². The van der Waals surface area contributed by atoms with E-state index in [2.05, 4.69) is 11.9 Å². The monoisotopic (exact) mass is 181 g/mol. The molecule has 1 aromatic rings. The van der Waals surface area contributed by atoms with Gasteiger partial charge in [-0.1, -0.05) is 0 Å². The molecule has 0 saturated carbocycles. The van der Waals surface area contributed by atoms with Gasteiger partial charge in [0.2, 0.25) is 0 Å². The molecule has 0 aliphatic heterocycles. The van der Waals surface area contributed by atoms with Crippen molar-refractivity contribution >= 4 is 0 Å². The number of rotatable bonds is 0. The Morgan fingerprint density at radius 3 is 2.00 bits per heavy atom. The van der Waals surface area contributed by atoms with Crippen molar-refractivity contribution in [3.63, 3.8) is 0 Å². The molecule has 0 bridgehead atoms. The van der Waals surface area contributed by atoms with Gasteiger partial charge >= 0.3 is 32.7 Å². The summed E-state index contributed by atoms with van der Waals surface area (Å²) >= 11 is 0. The first-order valence-corrected chi connectivity index (χ1v) is 2.11. The van der Waals surface area contributed by atoms with Crippen LogP contribution in [0.3, 0.4) is 0 Å². The molecule has 0 radical (unpaired) electrons. The molecule has 1 aromatic heterocycles. The molecule has 0 saturated heterocycles. The number of aromatic nitrogens is 1. The van der Waals surface area contributed by atoms with Crippen molar-refractivity contribution in [2.24, 2.45) is 0 Å². The smallest absolute Gasteiger partial charge is 0.291 e. The Hall–Kier alpha value is 0.124. The van der Waals surface area contributed by atoms with Crippen LogP contribution in [-0.4, -0.2) is 4.98 Å². The summed E-state index contributed by atoms with van der Waals surface area (Å²) in [5.74, 6) is 0. The van der Waals surface area contributed by atoms with E-state index in [1.807, 2.05) is 12.1 Å². The molecule has 8 heavy (non-hydrogen) atoms. The topological polar surface area (TPSA) is 12.9 Å². The molecule has 0 N–H and O–H groups in total. The second-order valence-electron chi connectivity index (χ2n) is 1.36. The summed E-state index contributed by atoms with van der Waals surface area (Å²) in [6, 6.07) is 3.72. The van der Waals surface area contributed by atoms with Crippen LogP contribution in [0.5, 0.6) is 0 Å². The van der Waals surface area contributed by atoms with Crippen molar-refractivity contribution in [3.05, 3.63) is 37.0 Å². The fourth-order valence-electron chi connectivity index (χ4n) is 0.383. The first kappa shape index (κ1) is 8.12. The Bertz CT molecular complexity index is 138. The fourth-order valence-corrected chi connectivity index (χ4v) is 0.383. The SMILES string of the molecule is [CH2-]c1ccncc1.[Y+3]. The van der Waals surface area contributed by atoms with Crippen molar-refractivity contribution in [1.29, 1.82) is 0 Å². The predicted molar refractivity (Wildman–Crippen MR) is 28.7 cm³/mol. The number of hydrogen-bond acceptors (Lipinski definition) is 1. The zero-order valence-corrected chi connectivity index (χ0v) is 7.38. The second kappa shape index (κ2) is 4.05. The van der Waals surface area contributed by atoms with E-state index in [1.165, 1.54) is 0 Å². The van der Waals surface area contributed by atoms with Gasteiger partial charge in [-0.2, -0.15) is 12.5 Å². The molecule has 0 unspecified atom stereocenters. The summed E-state index contributed by atoms with van der Waals surface area (Å²) in [5.41, 5.74) is 1.01. The minimum atomic E-state index is 0. The zero-order valence-electron chi connectivity index (χ0n) is 4.54. The van der Waals surface area contributed by atoms with Gasteiger partial charge in [-0.3, -0.25) is 4.98 Å². The number of pyridine rings is 1. The molecule has 0 atom stereocenters. The normalized spacial score (nSPS) is 7.50. The first-order valence-electron chi connectivity index (χ1n) is 2.11. The van der Waals surface area contributed by atoms with Crippen LogP contribution >= 0.6 is 0 Å². The number of hydrogen-bond donors (Lipinski definition) is 0. The first-order chi connectivity index (χ1) is 3.39. The maximum Gasteiger partial charge on any atom is 3.00 e. The van der Waals surface area contributed by atoms with Gasteiger partial charge in [0.25, 0.3) is 0 Å². The van der Waals surface area contributed by atoms with Gasteiger partial charge in [0.1, 0.15) is 0 Å². The third-order valence-corrected chi connectivity index (χ3v) is 0.749. The summed E-state index contributed by atoms with van der Waals surface area (Å²) in [6.45, 7) is 3.68. The largest absolute Gasteiger partial charge is 3.00 e. The molecule has 0 fully saturated rings. The molecule has 0 aliphatic carbocycles. The van der Waals surface area contributed by atoms with Gasteiger partial charge in [0.15, 0.2) is 0 Å². The van der Waals surface area contributed by atoms with E-state index < -0.39 is 0 Å². The summed E-state index contributed by atoms with van der Waals surface area (Å²) < 4.78 is 0. The number of nitrogens with zero attached hydrogens (tertiary/aromatic N) is 1. The third-order valence-electron chi connectivity index (χ3n) is 0.749. The molecule has 0 aliphatic rings. The Kier molecular flexibility index (Phi) is 4.11. The predicted octanol–water partition coefficient (Wildman–Crippen LogP) is 1.26. The molecular weight excluding hydrogens is 175 g/mol. The van der Waals surface area contributed by atoms with Gasteiger partial charge in [-0.15, -0.1) is 12.1 Å². The van der Waals surface area contributed by atoms with Gasteiger partial charge in [0, 0.05) is 0 Å². The molecule has 0 amide bonds. The average Bonchev–Trinajstić information content (AvgIpc) is 1.69. The standard InChI is InChI=1S/C6H6N.Y/c1-6-2-4-7-5-3-6;/h2-5H,1H2;/q-1;+3. The van der Waals surface area contributed by atoms with Crippen LogP contribution < -0.4 is 0 Å². The van der Waals surface area contributed by atoms with Crippen molar-refractivity contribution in [2.75, 3.05) is 0 Å². The maximum absolute atomic E-state index is 3.81. The average molecular weight is 181 g/mol. The fraction of sp³-hybridized carbons (Fsp3) is 0. The van der Waals surface area contributed by atoms with Crippen LogP contribution in [0.25, 0.3) is 0 Å².